The van der Waals surface area contributed by atoms with Crippen molar-refractivity contribution in [3.8, 4) is 5.75 Å². The average Bonchev–Trinajstić information content (AvgIpc) is 2.79. The summed E-state index contributed by atoms with van der Waals surface area (Å²) in [4.78, 5) is 2.32. The van der Waals surface area contributed by atoms with Crippen molar-refractivity contribution in [1.29, 1.82) is 0 Å². The van der Waals surface area contributed by atoms with Gasteiger partial charge in [0, 0.05) is 31.5 Å². The highest BCUT2D eigenvalue weighted by Crippen LogP contribution is 2.31. The molecule has 2 rings (SSSR count). The fraction of sp³-hybridized carbons (Fsp3) is 0.538. The molecule has 1 aromatic rings. The Balaban J connectivity index is 2.08. The number of nitrogens with two attached hydrogens (primary N) is 1. The van der Waals surface area contributed by atoms with E-state index in [0.29, 0.717) is 11.6 Å². The van der Waals surface area contributed by atoms with Crippen LogP contribution in [0.1, 0.15) is 12.8 Å². The van der Waals surface area contributed by atoms with Gasteiger partial charge in [0.2, 0.25) is 0 Å². The molecule has 4 heteroatoms. The first-order valence-electron chi connectivity index (χ1n) is 6.04. The van der Waals surface area contributed by atoms with Gasteiger partial charge in [-0.1, -0.05) is 0 Å². The van der Waals surface area contributed by atoms with E-state index < -0.39 is 0 Å². The van der Waals surface area contributed by atoms with E-state index in [9.17, 15) is 0 Å². The van der Waals surface area contributed by atoms with Crippen molar-refractivity contribution < 1.29 is 9.84 Å². The zero-order chi connectivity index (χ0) is 12.3. The molecule has 0 aromatic heterocycles. The number of anilines is 2. The molecule has 4 nitrogen and oxygen atoms in total. The lowest BCUT2D eigenvalue weighted by molar-refractivity contribution is 0.263. The van der Waals surface area contributed by atoms with Gasteiger partial charge in [-0.2, -0.15) is 0 Å². The van der Waals surface area contributed by atoms with Crippen LogP contribution in [0.15, 0.2) is 18.2 Å². The first kappa shape index (κ1) is 12.0. The van der Waals surface area contributed by atoms with Crippen molar-refractivity contribution in [3.63, 3.8) is 0 Å². The lowest BCUT2D eigenvalue weighted by atomic mass is 10.1. The largest absolute Gasteiger partial charge is 0.495 e. The van der Waals surface area contributed by atoms with E-state index in [2.05, 4.69) is 4.90 Å². The number of hydrogen-bond donors (Lipinski definition) is 2. The third kappa shape index (κ3) is 2.64. The molecule has 1 fully saturated rings. The molecule has 3 N–H and O–H groups in total. The second-order valence-corrected chi connectivity index (χ2v) is 4.54. The van der Waals surface area contributed by atoms with Crippen LogP contribution < -0.4 is 15.4 Å². The van der Waals surface area contributed by atoms with Gasteiger partial charge in [-0.3, -0.25) is 0 Å². The first-order chi connectivity index (χ1) is 8.24. The van der Waals surface area contributed by atoms with Crippen LogP contribution in [-0.2, 0) is 0 Å². The second-order valence-electron chi connectivity index (χ2n) is 4.54. The molecule has 0 saturated carbocycles. The smallest absolute Gasteiger partial charge is 0.143 e. The number of nitrogen functional groups attached to an aromatic ring is 1. The van der Waals surface area contributed by atoms with Gasteiger partial charge >= 0.3 is 0 Å². The monoisotopic (exact) mass is 236 g/mol. The van der Waals surface area contributed by atoms with Gasteiger partial charge in [-0.15, -0.1) is 0 Å². The summed E-state index contributed by atoms with van der Waals surface area (Å²) in [7, 11) is 1.63. The maximum absolute atomic E-state index is 8.95. The number of benzene rings is 1. The SMILES string of the molecule is COc1cc(N2CCC(CCO)C2)ccc1N. The molecule has 94 valence electrons. The Morgan fingerprint density at radius 1 is 1.53 bits per heavy atom. The summed E-state index contributed by atoms with van der Waals surface area (Å²) in [5.74, 6) is 1.33. The predicted octanol–water partition coefficient (Wildman–Crippen LogP) is 1.49. The van der Waals surface area contributed by atoms with Crippen LogP contribution >= 0.6 is 0 Å². The number of aliphatic hydroxyl groups is 1. The lowest BCUT2D eigenvalue weighted by Gasteiger charge is -2.19. The van der Waals surface area contributed by atoms with Crippen molar-refractivity contribution >= 4 is 11.4 Å². The number of nitrogens with zero attached hydrogens (tertiary/aromatic N) is 1. The molecular formula is C13H20N2O2. The molecule has 1 aliphatic heterocycles. The van der Waals surface area contributed by atoms with Crippen molar-refractivity contribution in [2.75, 3.05) is 37.4 Å². The Hall–Kier alpha value is -1.42. The van der Waals surface area contributed by atoms with Crippen LogP contribution in [0, 0.1) is 5.92 Å². The fourth-order valence-corrected chi connectivity index (χ4v) is 2.38. The summed E-state index contributed by atoms with van der Waals surface area (Å²) in [5.41, 5.74) is 7.62. The molecular weight excluding hydrogens is 216 g/mol. The minimum absolute atomic E-state index is 0.281. The van der Waals surface area contributed by atoms with Crippen LogP contribution in [0.4, 0.5) is 11.4 Å². The third-order valence-corrected chi connectivity index (χ3v) is 3.41. The normalized spacial score (nSPS) is 19.6. The Bertz CT molecular complexity index is 382. The number of ether oxygens (including phenoxy) is 1. The molecule has 0 bridgehead atoms. The van der Waals surface area contributed by atoms with Crippen LogP contribution in [0.25, 0.3) is 0 Å². The molecule has 1 saturated heterocycles. The molecule has 1 aromatic carbocycles. The quantitative estimate of drug-likeness (QED) is 0.778. The zero-order valence-corrected chi connectivity index (χ0v) is 10.2. The van der Waals surface area contributed by atoms with Gasteiger partial charge in [0.05, 0.1) is 12.8 Å². The van der Waals surface area contributed by atoms with E-state index in [1.807, 2.05) is 18.2 Å². The van der Waals surface area contributed by atoms with Gasteiger partial charge in [-0.25, -0.2) is 0 Å². The summed E-state index contributed by atoms with van der Waals surface area (Å²) in [6.07, 6.45) is 2.04. The predicted molar refractivity (Wildman–Crippen MR) is 69.4 cm³/mol. The van der Waals surface area contributed by atoms with Gasteiger partial charge < -0.3 is 20.5 Å². The van der Waals surface area contributed by atoms with E-state index in [1.54, 1.807) is 7.11 Å². The number of rotatable bonds is 4. The lowest BCUT2D eigenvalue weighted by Crippen LogP contribution is -2.19. The van der Waals surface area contributed by atoms with Crippen molar-refractivity contribution in [3.05, 3.63) is 18.2 Å². The van der Waals surface area contributed by atoms with E-state index >= 15 is 0 Å². The van der Waals surface area contributed by atoms with Gasteiger partial charge in [0.15, 0.2) is 0 Å². The second kappa shape index (κ2) is 5.27. The van der Waals surface area contributed by atoms with E-state index in [-0.39, 0.29) is 6.61 Å². The maximum atomic E-state index is 8.95. The topological polar surface area (TPSA) is 58.7 Å². The van der Waals surface area contributed by atoms with Crippen molar-refractivity contribution in [1.82, 2.24) is 0 Å². The Morgan fingerprint density at radius 3 is 3.06 bits per heavy atom. The fourth-order valence-electron chi connectivity index (χ4n) is 2.38. The zero-order valence-electron chi connectivity index (χ0n) is 10.2. The van der Waals surface area contributed by atoms with Gasteiger partial charge in [0.1, 0.15) is 5.75 Å². The Labute approximate surface area is 102 Å². The highest BCUT2D eigenvalue weighted by molar-refractivity contribution is 5.62. The van der Waals surface area contributed by atoms with E-state index in [1.165, 1.54) is 0 Å². The molecule has 1 heterocycles. The van der Waals surface area contributed by atoms with Gasteiger partial charge in [-0.05, 0) is 30.9 Å². The van der Waals surface area contributed by atoms with Gasteiger partial charge in [0.25, 0.3) is 0 Å². The van der Waals surface area contributed by atoms with Crippen LogP contribution in [-0.4, -0.2) is 31.9 Å². The number of methoxy groups -OCH3 is 1. The molecule has 17 heavy (non-hydrogen) atoms. The molecule has 1 unspecified atom stereocenters. The summed E-state index contributed by atoms with van der Waals surface area (Å²) in [6, 6.07) is 5.89. The molecule has 0 spiro atoms. The highest BCUT2D eigenvalue weighted by atomic mass is 16.5. The maximum Gasteiger partial charge on any atom is 0.143 e. The Morgan fingerprint density at radius 2 is 2.35 bits per heavy atom. The molecule has 0 radical (unpaired) electrons. The van der Waals surface area contributed by atoms with E-state index in [4.69, 9.17) is 15.6 Å². The summed E-state index contributed by atoms with van der Waals surface area (Å²) >= 11 is 0. The van der Waals surface area contributed by atoms with Crippen LogP contribution in [0.5, 0.6) is 5.75 Å². The minimum Gasteiger partial charge on any atom is -0.495 e. The first-order valence-corrected chi connectivity index (χ1v) is 6.04. The minimum atomic E-state index is 0.281. The summed E-state index contributed by atoms with van der Waals surface area (Å²) in [5, 5.41) is 8.95. The molecule has 0 amide bonds. The van der Waals surface area contributed by atoms with Crippen LogP contribution in [0.2, 0.25) is 0 Å². The van der Waals surface area contributed by atoms with E-state index in [0.717, 1.165) is 37.4 Å². The number of aliphatic hydroxyl groups excluding tert-OH is 1. The van der Waals surface area contributed by atoms with Crippen molar-refractivity contribution in [2.45, 2.75) is 12.8 Å². The number of hydrogen-bond acceptors (Lipinski definition) is 4. The standard InChI is InChI=1S/C13H20N2O2/c1-17-13-8-11(2-3-12(13)14)15-6-4-10(9-15)5-7-16/h2-3,8,10,16H,4-7,9,14H2,1H3. The Kier molecular flexibility index (Phi) is 3.74. The van der Waals surface area contributed by atoms with Crippen molar-refractivity contribution in [2.24, 2.45) is 5.92 Å². The molecule has 1 aliphatic rings. The third-order valence-electron chi connectivity index (χ3n) is 3.41. The molecule has 1 atom stereocenters. The average molecular weight is 236 g/mol. The van der Waals surface area contributed by atoms with Crippen LogP contribution in [0.3, 0.4) is 0 Å². The highest BCUT2D eigenvalue weighted by Gasteiger charge is 2.22. The molecule has 0 aliphatic carbocycles. The summed E-state index contributed by atoms with van der Waals surface area (Å²) < 4.78 is 5.23. The summed E-state index contributed by atoms with van der Waals surface area (Å²) in [6.45, 7) is 2.33.